The first kappa shape index (κ1) is 14.9. The van der Waals surface area contributed by atoms with Crippen molar-refractivity contribution in [3.63, 3.8) is 0 Å². The molecule has 110 valence electrons. The van der Waals surface area contributed by atoms with Crippen molar-refractivity contribution >= 4 is 5.91 Å². The Morgan fingerprint density at radius 3 is 2.55 bits per heavy atom. The Morgan fingerprint density at radius 1 is 1.40 bits per heavy atom. The van der Waals surface area contributed by atoms with Crippen LogP contribution in [0.25, 0.3) is 0 Å². The van der Waals surface area contributed by atoms with Crippen LogP contribution in [0.1, 0.15) is 38.3 Å². The molecule has 1 unspecified atom stereocenters. The van der Waals surface area contributed by atoms with Crippen molar-refractivity contribution in [2.24, 2.45) is 0 Å². The van der Waals surface area contributed by atoms with Crippen LogP contribution in [0.3, 0.4) is 0 Å². The molecule has 0 heterocycles. The summed E-state index contributed by atoms with van der Waals surface area (Å²) in [7, 11) is 1.66. The van der Waals surface area contributed by atoms with Gasteiger partial charge in [-0.2, -0.15) is 0 Å². The van der Waals surface area contributed by atoms with Crippen LogP contribution in [-0.2, 0) is 4.79 Å². The third kappa shape index (κ3) is 3.73. The zero-order chi connectivity index (χ0) is 14.5. The molecule has 1 amide bonds. The Hall–Kier alpha value is -1.55. The number of benzene rings is 1. The first-order chi connectivity index (χ1) is 9.65. The second kappa shape index (κ2) is 6.75. The molecule has 1 aromatic rings. The Balaban J connectivity index is 1.84. The van der Waals surface area contributed by atoms with E-state index < -0.39 is 0 Å². The van der Waals surface area contributed by atoms with Crippen molar-refractivity contribution in [1.29, 1.82) is 0 Å². The van der Waals surface area contributed by atoms with Gasteiger partial charge in [-0.15, -0.1) is 0 Å². The van der Waals surface area contributed by atoms with Crippen molar-refractivity contribution < 1.29 is 9.53 Å². The molecule has 0 bridgehead atoms. The average molecular weight is 276 g/mol. The molecule has 0 aromatic heterocycles. The summed E-state index contributed by atoms with van der Waals surface area (Å²) in [5.74, 6) is 1.05. The number of likely N-dealkylation sites (N-methyl/N-ethyl adjacent to an activating group) is 1. The molecule has 1 saturated carbocycles. The molecule has 4 nitrogen and oxygen atoms in total. The van der Waals surface area contributed by atoms with E-state index in [0.717, 1.165) is 30.7 Å². The highest BCUT2D eigenvalue weighted by Gasteiger charge is 2.31. The topological polar surface area (TPSA) is 41.6 Å². The van der Waals surface area contributed by atoms with E-state index >= 15 is 0 Å². The van der Waals surface area contributed by atoms with Crippen molar-refractivity contribution in [1.82, 2.24) is 10.2 Å². The SMILES string of the molecule is CCN(C(=O)CNC(C)c1ccc(OC)cc1)C1CC1. The highest BCUT2D eigenvalue weighted by molar-refractivity contribution is 5.79. The molecule has 0 radical (unpaired) electrons. The molecule has 1 fully saturated rings. The van der Waals surface area contributed by atoms with Gasteiger partial charge in [-0.25, -0.2) is 0 Å². The zero-order valence-electron chi connectivity index (χ0n) is 12.6. The average Bonchev–Trinajstić information content (AvgIpc) is 3.30. The lowest BCUT2D eigenvalue weighted by atomic mass is 10.1. The largest absolute Gasteiger partial charge is 0.497 e. The van der Waals surface area contributed by atoms with Gasteiger partial charge in [-0.1, -0.05) is 12.1 Å². The molecule has 1 aliphatic rings. The summed E-state index contributed by atoms with van der Waals surface area (Å²) in [6, 6.07) is 8.59. The van der Waals surface area contributed by atoms with E-state index in [-0.39, 0.29) is 11.9 Å². The number of nitrogens with one attached hydrogen (secondary N) is 1. The van der Waals surface area contributed by atoms with Crippen LogP contribution in [0, 0.1) is 0 Å². The van der Waals surface area contributed by atoms with Gasteiger partial charge in [0.25, 0.3) is 0 Å². The highest BCUT2D eigenvalue weighted by Crippen LogP contribution is 2.26. The Morgan fingerprint density at radius 2 is 2.05 bits per heavy atom. The van der Waals surface area contributed by atoms with Crippen molar-refractivity contribution in [3.05, 3.63) is 29.8 Å². The molecular weight excluding hydrogens is 252 g/mol. The predicted octanol–water partition coefficient (Wildman–Crippen LogP) is 2.36. The van der Waals surface area contributed by atoms with Gasteiger partial charge in [0.1, 0.15) is 5.75 Å². The minimum atomic E-state index is 0.155. The summed E-state index contributed by atoms with van der Waals surface area (Å²) >= 11 is 0. The van der Waals surface area contributed by atoms with Crippen LogP contribution in [0.15, 0.2) is 24.3 Å². The number of nitrogens with zero attached hydrogens (tertiary/aromatic N) is 1. The fourth-order valence-electron chi connectivity index (χ4n) is 2.38. The molecule has 1 N–H and O–H groups in total. The minimum Gasteiger partial charge on any atom is -0.497 e. The lowest BCUT2D eigenvalue weighted by Gasteiger charge is -2.22. The summed E-state index contributed by atoms with van der Waals surface area (Å²) in [5, 5.41) is 3.30. The van der Waals surface area contributed by atoms with Crippen LogP contribution in [0.4, 0.5) is 0 Å². The Kier molecular flexibility index (Phi) is 5.01. The van der Waals surface area contributed by atoms with E-state index in [1.807, 2.05) is 36.1 Å². The maximum Gasteiger partial charge on any atom is 0.236 e. The van der Waals surface area contributed by atoms with E-state index in [4.69, 9.17) is 4.74 Å². The van der Waals surface area contributed by atoms with Crippen molar-refractivity contribution in [3.8, 4) is 5.75 Å². The second-order valence-corrected chi connectivity index (χ2v) is 5.29. The van der Waals surface area contributed by atoms with Gasteiger partial charge in [-0.3, -0.25) is 4.79 Å². The van der Waals surface area contributed by atoms with E-state index in [9.17, 15) is 4.79 Å². The monoisotopic (exact) mass is 276 g/mol. The van der Waals surface area contributed by atoms with Crippen LogP contribution in [-0.4, -0.2) is 37.0 Å². The molecule has 0 spiro atoms. The predicted molar refractivity (Wildman–Crippen MR) is 79.8 cm³/mol. The second-order valence-electron chi connectivity index (χ2n) is 5.29. The van der Waals surface area contributed by atoms with Gasteiger partial charge in [0, 0.05) is 18.6 Å². The smallest absolute Gasteiger partial charge is 0.236 e. The van der Waals surface area contributed by atoms with Crippen LogP contribution >= 0.6 is 0 Å². The number of methoxy groups -OCH3 is 1. The van der Waals surface area contributed by atoms with Crippen LogP contribution < -0.4 is 10.1 Å². The van der Waals surface area contributed by atoms with E-state index in [1.54, 1.807) is 7.11 Å². The van der Waals surface area contributed by atoms with E-state index in [2.05, 4.69) is 12.2 Å². The van der Waals surface area contributed by atoms with Gasteiger partial charge in [0.05, 0.1) is 13.7 Å². The first-order valence-corrected chi connectivity index (χ1v) is 7.32. The summed E-state index contributed by atoms with van der Waals surface area (Å²) in [5.41, 5.74) is 1.16. The Labute approximate surface area is 121 Å². The minimum absolute atomic E-state index is 0.155. The van der Waals surface area contributed by atoms with E-state index in [1.165, 1.54) is 0 Å². The summed E-state index contributed by atoms with van der Waals surface area (Å²) in [4.78, 5) is 14.1. The van der Waals surface area contributed by atoms with Gasteiger partial charge < -0.3 is 15.0 Å². The summed E-state index contributed by atoms with van der Waals surface area (Å²) in [6.07, 6.45) is 2.32. The summed E-state index contributed by atoms with van der Waals surface area (Å²) in [6.45, 7) is 5.32. The van der Waals surface area contributed by atoms with Gasteiger partial charge in [0.15, 0.2) is 0 Å². The first-order valence-electron chi connectivity index (χ1n) is 7.32. The fraction of sp³-hybridized carbons (Fsp3) is 0.562. The molecule has 0 saturated heterocycles. The summed E-state index contributed by atoms with van der Waals surface area (Å²) < 4.78 is 5.15. The van der Waals surface area contributed by atoms with Crippen LogP contribution in [0.5, 0.6) is 5.75 Å². The lowest BCUT2D eigenvalue weighted by molar-refractivity contribution is -0.130. The molecule has 20 heavy (non-hydrogen) atoms. The fourth-order valence-corrected chi connectivity index (χ4v) is 2.38. The molecular formula is C16H24N2O2. The maximum atomic E-state index is 12.1. The standard InChI is InChI=1S/C16H24N2O2/c1-4-18(14-7-8-14)16(19)11-17-12(2)13-5-9-15(20-3)10-6-13/h5-6,9-10,12,14,17H,4,7-8,11H2,1-3H3. The highest BCUT2D eigenvalue weighted by atomic mass is 16.5. The quantitative estimate of drug-likeness (QED) is 0.831. The number of amides is 1. The van der Waals surface area contributed by atoms with Gasteiger partial charge >= 0.3 is 0 Å². The van der Waals surface area contributed by atoms with Crippen molar-refractivity contribution in [2.75, 3.05) is 20.2 Å². The van der Waals surface area contributed by atoms with Crippen molar-refractivity contribution in [2.45, 2.75) is 38.8 Å². The number of rotatable bonds is 7. The molecule has 4 heteroatoms. The zero-order valence-corrected chi connectivity index (χ0v) is 12.6. The molecule has 1 atom stereocenters. The molecule has 2 rings (SSSR count). The Bertz CT molecular complexity index is 440. The molecule has 1 aliphatic carbocycles. The normalized spacial score (nSPS) is 15.8. The molecule has 0 aliphatic heterocycles. The van der Waals surface area contributed by atoms with Crippen LogP contribution in [0.2, 0.25) is 0 Å². The molecule has 1 aromatic carbocycles. The number of ether oxygens (including phenoxy) is 1. The number of carbonyl (C=O) groups is 1. The lowest BCUT2D eigenvalue weighted by Crippen LogP contribution is -2.40. The third-order valence-electron chi connectivity index (χ3n) is 3.82. The van der Waals surface area contributed by atoms with Gasteiger partial charge in [0.2, 0.25) is 5.91 Å². The number of hydrogen-bond acceptors (Lipinski definition) is 3. The number of carbonyl (C=O) groups excluding carboxylic acids is 1. The van der Waals surface area contributed by atoms with Gasteiger partial charge in [-0.05, 0) is 44.4 Å². The number of hydrogen-bond donors (Lipinski definition) is 1. The maximum absolute atomic E-state index is 12.1. The third-order valence-corrected chi connectivity index (χ3v) is 3.82. The van der Waals surface area contributed by atoms with E-state index in [0.29, 0.717) is 12.6 Å².